The first kappa shape index (κ1) is 13.2. The molecule has 0 bridgehead atoms. The minimum atomic E-state index is -0.208. The highest BCUT2D eigenvalue weighted by molar-refractivity contribution is 5.51. The van der Waals surface area contributed by atoms with E-state index in [-0.39, 0.29) is 6.10 Å². The fourth-order valence-corrected chi connectivity index (χ4v) is 2.21. The lowest BCUT2D eigenvalue weighted by Crippen LogP contribution is -2.44. The Morgan fingerprint density at radius 2 is 2.22 bits per heavy atom. The van der Waals surface area contributed by atoms with Gasteiger partial charge in [0.1, 0.15) is 12.4 Å². The molecule has 0 aliphatic carbocycles. The van der Waals surface area contributed by atoms with Gasteiger partial charge in [-0.3, -0.25) is 4.90 Å². The van der Waals surface area contributed by atoms with Crippen molar-refractivity contribution in [3.05, 3.63) is 24.3 Å². The Morgan fingerprint density at radius 1 is 1.44 bits per heavy atom. The van der Waals surface area contributed by atoms with Gasteiger partial charge in [0.2, 0.25) is 0 Å². The third-order valence-corrected chi connectivity index (χ3v) is 3.59. The maximum Gasteiger partial charge on any atom is 0.142 e. The second-order valence-corrected chi connectivity index (χ2v) is 5.02. The van der Waals surface area contributed by atoms with Gasteiger partial charge in [-0.05, 0) is 31.0 Å². The molecule has 1 fully saturated rings. The number of β-amino-alcohol motifs (C(OH)–C–C–N with tert-alkyl or cyclic N) is 1. The maximum absolute atomic E-state index is 9.81. The van der Waals surface area contributed by atoms with Crippen LogP contribution >= 0.6 is 0 Å². The molecule has 100 valence electrons. The Morgan fingerprint density at radius 3 is 2.94 bits per heavy atom. The van der Waals surface area contributed by atoms with Crippen LogP contribution in [0.5, 0.6) is 5.75 Å². The van der Waals surface area contributed by atoms with Gasteiger partial charge in [-0.2, -0.15) is 0 Å². The van der Waals surface area contributed by atoms with Crippen LogP contribution in [0.1, 0.15) is 13.3 Å². The van der Waals surface area contributed by atoms with E-state index in [2.05, 4.69) is 11.8 Å². The summed E-state index contributed by atoms with van der Waals surface area (Å²) in [4.78, 5) is 2.24. The number of hydrogen-bond acceptors (Lipinski definition) is 4. The molecule has 0 aromatic heterocycles. The maximum atomic E-state index is 9.81. The van der Waals surface area contributed by atoms with Crippen molar-refractivity contribution in [3.8, 4) is 5.75 Å². The van der Waals surface area contributed by atoms with Crippen molar-refractivity contribution in [2.45, 2.75) is 19.4 Å². The molecule has 2 atom stereocenters. The van der Waals surface area contributed by atoms with E-state index in [9.17, 15) is 5.11 Å². The molecule has 1 saturated heterocycles. The highest BCUT2D eigenvalue weighted by atomic mass is 16.5. The summed E-state index contributed by atoms with van der Waals surface area (Å²) < 4.78 is 5.65. The van der Waals surface area contributed by atoms with E-state index in [0.29, 0.717) is 18.2 Å². The number of aliphatic hydroxyl groups is 1. The van der Waals surface area contributed by atoms with Crippen LogP contribution in [-0.4, -0.2) is 42.4 Å². The molecule has 4 nitrogen and oxygen atoms in total. The van der Waals surface area contributed by atoms with Gasteiger partial charge in [0, 0.05) is 13.1 Å². The Kier molecular flexibility index (Phi) is 4.44. The van der Waals surface area contributed by atoms with E-state index in [0.717, 1.165) is 31.8 Å². The van der Waals surface area contributed by atoms with Crippen LogP contribution < -0.4 is 10.5 Å². The van der Waals surface area contributed by atoms with Crippen molar-refractivity contribution >= 4 is 5.69 Å². The van der Waals surface area contributed by atoms with Crippen LogP contribution in [0.25, 0.3) is 0 Å². The molecule has 1 aliphatic rings. The third kappa shape index (κ3) is 3.37. The number of piperidine rings is 1. The topological polar surface area (TPSA) is 58.7 Å². The van der Waals surface area contributed by atoms with Gasteiger partial charge < -0.3 is 15.6 Å². The molecule has 1 aromatic carbocycles. The first-order valence-electron chi connectivity index (χ1n) is 6.54. The van der Waals surface area contributed by atoms with Gasteiger partial charge in [0.15, 0.2) is 0 Å². The van der Waals surface area contributed by atoms with Crippen LogP contribution in [-0.2, 0) is 0 Å². The van der Waals surface area contributed by atoms with E-state index < -0.39 is 0 Å². The number of nitrogen functional groups attached to an aromatic ring is 1. The van der Waals surface area contributed by atoms with E-state index >= 15 is 0 Å². The summed E-state index contributed by atoms with van der Waals surface area (Å²) in [6, 6.07) is 7.52. The Labute approximate surface area is 108 Å². The largest absolute Gasteiger partial charge is 0.490 e. The molecule has 1 aromatic rings. The number of likely N-dealkylation sites (tertiary alicyclic amines) is 1. The van der Waals surface area contributed by atoms with Gasteiger partial charge in [-0.1, -0.05) is 19.1 Å². The van der Waals surface area contributed by atoms with Crippen molar-refractivity contribution in [1.29, 1.82) is 0 Å². The minimum absolute atomic E-state index is 0.208. The molecule has 3 N–H and O–H groups in total. The second kappa shape index (κ2) is 6.07. The summed E-state index contributed by atoms with van der Waals surface area (Å²) in [5.74, 6) is 1.15. The molecular formula is C14H22N2O2. The van der Waals surface area contributed by atoms with Gasteiger partial charge in [-0.25, -0.2) is 0 Å². The van der Waals surface area contributed by atoms with Gasteiger partial charge in [0.25, 0.3) is 0 Å². The van der Waals surface area contributed by atoms with Crippen LogP contribution in [0, 0.1) is 5.92 Å². The average Bonchev–Trinajstić information content (AvgIpc) is 2.36. The van der Waals surface area contributed by atoms with Crippen molar-refractivity contribution in [1.82, 2.24) is 4.90 Å². The molecule has 1 aliphatic heterocycles. The number of para-hydroxylation sites is 2. The van der Waals surface area contributed by atoms with Crippen molar-refractivity contribution < 1.29 is 9.84 Å². The van der Waals surface area contributed by atoms with E-state index in [1.165, 1.54) is 0 Å². The zero-order valence-electron chi connectivity index (χ0n) is 10.9. The molecule has 0 saturated carbocycles. The monoisotopic (exact) mass is 250 g/mol. The quantitative estimate of drug-likeness (QED) is 0.792. The summed E-state index contributed by atoms with van der Waals surface area (Å²) in [7, 11) is 0. The fourth-order valence-electron chi connectivity index (χ4n) is 2.21. The first-order chi connectivity index (χ1) is 8.66. The fraction of sp³-hybridized carbons (Fsp3) is 0.571. The second-order valence-electron chi connectivity index (χ2n) is 5.02. The number of hydrogen-bond donors (Lipinski definition) is 2. The number of benzene rings is 1. The highest BCUT2D eigenvalue weighted by Gasteiger charge is 2.23. The lowest BCUT2D eigenvalue weighted by atomic mass is 9.96. The van der Waals surface area contributed by atoms with Crippen LogP contribution in [0.2, 0.25) is 0 Å². The summed E-state index contributed by atoms with van der Waals surface area (Å²) >= 11 is 0. The Balaban J connectivity index is 1.74. The summed E-state index contributed by atoms with van der Waals surface area (Å²) in [5.41, 5.74) is 6.47. The first-order valence-corrected chi connectivity index (χ1v) is 6.54. The molecule has 18 heavy (non-hydrogen) atoms. The number of nitrogens with two attached hydrogens (primary N) is 1. The smallest absolute Gasteiger partial charge is 0.142 e. The van der Waals surface area contributed by atoms with Crippen molar-refractivity contribution in [2.24, 2.45) is 5.92 Å². The lowest BCUT2D eigenvalue weighted by molar-refractivity contribution is 0.0244. The number of ether oxygens (including phenoxy) is 1. The van der Waals surface area contributed by atoms with Gasteiger partial charge >= 0.3 is 0 Å². The van der Waals surface area contributed by atoms with Crippen molar-refractivity contribution in [3.63, 3.8) is 0 Å². The predicted molar refractivity (Wildman–Crippen MR) is 72.6 cm³/mol. The summed E-state index contributed by atoms with van der Waals surface area (Å²) in [6.45, 7) is 5.32. The van der Waals surface area contributed by atoms with E-state index in [4.69, 9.17) is 10.5 Å². The summed E-state index contributed by atoms with van der Waals surface area (Å²) in [6.07, 6.45) is 0.842. The van der Waals surface area contributed by atoms with Crippen LogP contribution in [0.4, 0.5) is 5.69 Å². The molecule has 0 amide bonds. The molecular weight excluding hydrogens is 228 g/mol. The standard InChI is InChI=1S/C14H22N2O2/c1-11-6-7-16(10-13(11)17)8-9-18-14-5-3-2-4-12(14)15/h2-5,11,13,17H,6-10,15H2,1H3. The Hall–Kier alpha value is -1.26. The third-order valence-electron chi connectivity index (χ3n) is 3.59. The van der Waals surface area contributed by atoms with Crippen molar-refractivity contribution in [2.75, 3.05) is 32.0 Å². The highest BCUT2D eigenvalue weighted by Crippen LogP contribution is 2.20. The summed E-state index contributed by atoms with van der Waals surface area (Å²) in [5, 5.41) is 9.81. The van der Waals surface area contributed by atoms with Gasteiger partial charge in [0.05, 0.1) is 11.8 Å². The van der Waals surface area contributed by atoms with Crippen LogP contribution in [0.3, 0.4) is 0 Å². The average molecular weight is 250 g/mol. The van der Waals surface area contributed by atoms with E-state index in [1.54, 1.807) is 0 Å². The minimum Gasteiger partial charge on any atom is -0.490 e. The van der Waals surface area contributed by atoms with Gasteiger partial charge in [-0.15, -0.1) is 0 Å². The number of rotatable bonds is 4. The number of anilines is 1. The zero-order valence-corrected chi connectivity index (χ0v) is 10.9. The van der Waals surface area contributed by atoms with E-state index in [1.807, 2.05) is 24.3 Å². The molecule has 2 rings (SSSR count). The molecule has 4 heteroatoms. The predicted octanol–water partition coefficient (Wildman–Crippen LogP) is 1.35. The number of aliphatic hydroxyl groups excluding tert-OH is 1. The normalized spacial score (nSPS) is 25.0. The molecule has 0 radical (unpaired) electrons. The Bertz CT molecular complexity index is 384. The molecule has 1 heterocycles. The lowest BCUT2D eigenvalue weighted by Gasteiger charge is -2.34. The SMILES string of the molecule is CC1CCN(CCOc2ccccc2N)CC1O. The molecule has 0 spiro atoms. The zero-order chi connectivity index (χ0) is 13.0. The number of nitrogens with zero attached hydrogens (tertiary/aromatic N) is 1. The molecule has 2 unspecified atom stereocenters. The van der Waals surface area contributed by atoms with Crippen LogP contribution in [0.15, 0.2) is 24.3 Å².